The minimum absolute atomic E-state index is 0.427. The Morgan fingerprint density at radius 1 is 1.24 bits per heavy atom. The number of rotatable bonds is 5. The average Bonchev–Trinajstić information content (AvgIpc) is 2.54. The van der Waals surface area contributed by atoms with Gasteiger partial charge in [0.1, 0.15) is 0 Å². The second-order valence-corrected chi connectivity index (χ2v) is 5.54. The van der Waals surface area contributed by atoms with Gasteiger partial charge in [-0.05, 0) is 19.1 Å². The van der Waals surface area contributed by atoms with Gasteiger partial charge in [0.05, 0.1) is 36.1 Å². The smallest absolute Gasteiger partial charge is 0.0890 e. The van der Waals surface area contributed by atoms with Gasteiger partial charge in [0, 0.05) is 32.2 Å². The van der Waals surface area contributed by atoms with E-state index in [1.165, 1.54) is 0 Å². The first-order chi connectivity index (χ1) is 10.3. The third-order valence-corrected chi connectivity index (χ3v) is 3.77. The van der Waals surface area contributed by atoms with Gasteiger partial charge in [-0.2, -0.15) is 0 Å². The van der Waals surface area contributed by atoms with Gasteiger partial charge >= 0.3 is 0 Å². The molecule has 1 fully saturated rings. The molecule has 0 aliphatic carbocycles. The highest BCUT2D eigenvalue weighted by Crippen LogP contribution is 2.08. The van der Waals surface area contributed by atoms with Crippen LogP contribution in [0.5, 0.6) is 0 Å². The van der Waals surface area contributed by atoms with Crippen molar-refractivity contribution in [2.75, 3.05) is 32.8 Å². The molecule has 0 saturated carbocycles. The molecule has 1 saturated heterocycles. The lowest BCUT2D eigenvalue weighted by molar-refractivity contribution is 0.0343. The number of para-hydroxylation sites is 2. The van der Waals surface area contributed by atoms with Gasteiger partial charge in [0.15, 0.2) is 0 Å². The van der Waals surface area contributed by atoms with Crippen LogP contribution in [0.15, 0.2) is 30.5 Å². The molecule has 3 rings (SSSR count). The molecule has 0 radical (unpaired) electrons. The van der Waals surface area contributed by atoms with Crippen LogP contribution < -0.4 is 5.32 Å². The van der Waals surface area contributed by atoms with E-state index in [0.29, 0.717) is 6.04 Å². The van der Waals surface area contributed by atoms with Crippen LogP contribution in [-0.2, 0) is 11.3 Å². The number of nitrogens with one attached hydrogen (secondary N) is 1. The number of aromatic nitrogens is 2. The fourth-order valence-electron chi connectivity index (χ4n) is 2.60. The monoisotopic (exact) mass is 286 g/mol. The molecule has 1 aromatic carbocycles. The zero-order chi connectivity index (χ0) is 14.5. The summed E-state index contributed by atoms with van der Waals surface area (Å²) in [4.78, 5) is 11.5. The van der Waals surface area contributed by atoms with Crippen molar-refractivity contribution < 1.29 is 4.74 Å². The molecule has 2 aromatic rings. The Balaban J connectivity index is 1.53. The lowest BCUT2D eigenvalue weighted by atomic mass is 10.2. The van der Waals surface area contributed by atoms with Crippen molar-refractivity contribution in [3.8, 4) is 0 Å². The molecule has 1 atom stereocenters. The summed E-state index contributed by atoms with van der Waals surface area (Å²) in [5, 5.41) is 3.53. The Bertz CT molecular complexity index is 583. The lowest BCUT2D eigenvalue weighted by Gasteiger charge is -2.29. The number of fused-ring (bicyclic) bond motifs is 1. The molecule has 21 heavy (non-hydrogen) atoms. The van der Waals surface area contributed by atoms with Gasteiger partial charge in [0.2, 0.25) is 0 Å². The molecular weight excluding hydrogens is 264 g/mol. The first kappa shape index (κ1) is 14.4. The van der Waals surface area contributed by atoms with E-state index in [1.54, 1.807) is 0 Å². The molecule has 5 heteroatoms. The second-order valence-electron chi connectivity index (χ2n) is 5.54. The van der Waals surface area contributed by atoms with Gasteiger partial charge in [-0.3, -0.25) is 9.88 Å². The number of hydrogen-bond acceptors (Lipinski definition) is 5. The normalized spacial score (nSPS) is 18.0. The summed E-state index contributed by atoms with van der Waals surface area (Å²) < 4.78 is 5.37. The largest absolute Gasteiger partial charge is 0.379 e. The minimum Gasteiger partial charge on any atom is -0.379 e. The number of nitrogens with zero attached hydrogens (tertiary/aromatic N) is 3. The molecule has 0 amide bonds. The zero-order valence-corrected chi connectivity index (χ0v) is 12.5. The van der Waals surface area contributed by atoms with Crippen molar-refractivity contribution in [1.29, 1.82) is 0 Å². The molecule has 5 nitrogen and oxygen atoms in total. The van der Waals surface area contributed by atoms with Crippen molar-refractivity contribution in [3.05, 3.63) is 36.2 Å². The highest BCUT2D eigenvalue weighted by atomic mass is 16.5. The predicted molar refractivity (Wildman–Crippen MR) is 83.1 cm³/mol. The number of hydrogen-bond donors (Lipinski definition) is 1. The maximum Gasteiger partial charge on any atom is 0.0890 e. The van der Waals surface area contributed by atoms with E-state index < -0.39 is 0 Å². The predicted octanol–water partition coefficient (Wildman–Crippen LogP) is 1.44. The van der Waals surface area contributed by atoms with Crippen LogP contribution in [-0.4, -0.2) is 53.8 Å². The molecule has 0 bridgehead atoms. The maximum atomic E-state index is 5.37. The lowest BCUT2D eigenvalue weighted by Crippen LogP contribution is -2.44. The summed E-state index contributed by atoms with van der Waals surface area (Å²) in [6.07, 6.45) is 1.86. The van der Waals surface area contributed by atoms with Gasteiger partial charge in [0.25, 0.3) is 0 Å². The molecule has 1 aromatic heterocycles. The fourth-order valence-corrected chi connectivity index (χ4v) is 2.60. The van der Waals surface area contributed by atoms with E-state index in [-0.39, 0.29) is 0 Å². The van der Waals surface area contributed by atoms with E-state index in [0.717, 1.165) is 56.1 Å². The minimum atomic E-state index is 0.427. The number of benzene rings is 1. The summed E-state index contributed by atoms with van der Waals surface area (Å²) in [6, 6.07) is 8.40. The van der Waals surface area contributed by atoms with E-state index in [1.807, 2.05) is 30.5 Å². The van der Waals surface area contributed by atoms with Crippen LogP contribution in [0.4, 0.5) is 0 Å². The molecule has 2 heterocycles. The van der Waals surface area contributed by atoms with Crippen LogP contribution in [0, 0.1) is 0 Å². The number of ether oxygens (including phenoxy) is 1. The van der Waals surface area contributed by atoms with Gasteiger partial charge in [-0.15, -0.1) is 0 Å². The quantitative estimate of drug-likeness (QED) is 0.901. The molecule has 1 aliphatic heterocycles. The highest BCUT2D eigenvalue weighted by molar-refractivity contribution is 5.73. The van der Waals surface area contributed by atoms with E-state index >= 15 is 0 Å². The van der Waals surface area contributed by atoms with E-state index in [2.05, 4.69) is 27.1 Å². The van der Waals surface area contributed by atoms with Crippen LogP contribution >= 0.6 is 0 Å². The molecule has 0 spiro atoms. The highest BCUT2D eigenvalue weighted by Gasteiger charge is 2.13. The summed E-state index contributed by atoms with van der Waals surface area (Å²) >= 11 is 0. The molecule has 112 valence electrons. The molecule has 1 unspecified atom stereocenters. The van der Waals surface area contributed by atoms with E-state index in [9.17, 15) is 0 Å². The Kier molecular flexibility index (Phi) is 4.75. The summed E-state index contributed by atoms with van der Waals surface area (Å²) in [6.45, 7) is 7.77. The summed E-state index contributed by atoms with van der Waals surface area (Å²) in [7, 11) is 0. The second kappa shape index (κ2) is 6.93. The van der Waals surface area contributed by atoms with Crippen LogP contribution in [0.3, 0.4) is 0 Å². The molecule has 1 N–H and O–H groups in total. The average molecular weight is 286 g/mol. The van der Waals surface area contributed by atoms with Crippen molar-refractivity contribution in [3.63, 3.8) is 0 Å². The van der Waals surface area contributed by atoms with Crippen LogP contribution in [0.25, 0.3) is 11.0 Å². The Morgan fingerprint density at radius 3 is 2.81 bits per heavy atom. The van der Waals surface area contributed by atoms with Crippen molar-refractivity contribution in [2.45, 2.75) is 19.5 Å². The summed E-state index contributed by atoms with van der Waals surface area (Å²) in [5.74, 6) is 0. The third kappa shape index (κ3) is 3.97. The molecule has 1 aliphatic rings. The third-order valence-electron chi connectivity index (χ3n) is 3.77. The summed E-state index contributed by atoms with van der Waals surface area (Å²) in [5.41, 5.74) is 2.89. The van der Waals surface area contributed by atoms with Crippen LogP contribution in [0.2, 0.25) is 0 Å². The first-order valence-electron chi connectivity index (χ1n) is 7.55. The van der Waals surface area contributed by atoms with Crippen LogP contribution in [0.1, 0.15) is 12.6 Å². The molecular formula is C16H22N4O. The fraction of sp³-hybridized carbons (Fsp3) is 0.500. The zero-order valence-electron chi connectivity index (χ0n) is 12.5. The Labute approximate surface area is 125 Å². The van der Waals surface area contributed by atoms with Crippen molar-refractivity contribution in [1.82, 2.24) is 20.2 Å². The van der Waals surface area contributed by atoms with Gasteiger partial charge < -0.3 is 10.1 Å². The topological polar surface area (TPSA) is 50.3 Å². The van der Waals surface area contributed by atoms with E-state index in [4.69, 9.17) is 4.74 Å². The van der Waals surface area contributed by atoms with Crippen molar-refractivity contribution in [2.24, 2.45) is 0 Å². The number of morpholine rings is 1. The van der Waals surface area contributed by atoms with Gasteiger partial charge in [-0.25, -0.2) is 4.98 Å². The first-order valence-corrected chi connectivity index (χ1v) is 7.55. The standard InChI is InChI=1S/C16H22N4O/c1-13(12-20-6-8-21-9-7-20)17-10-14-11-18-15-4-2-3-5-16(15)19-14/h2-5,11,13,17H,6-10,12H2,1H3. The maximum absolute atomic E-state index is 5.37. The SMILES string of the molecule is CC(CN1CCOCC1)NCc1cnc2ccccc2n1. The van der Waals surface area contributed by atoms with Crippen molar-refractivity contribution >= 4 is 11.0 Å². The Hall–Kier alpha value is -1.56. The Morgan fingerprint density at radius 2 is 2.00 bits per heavy atom. The van der Waals surface area contributed by atoms with Gasteiger partial charge in [-0.1, -0.05) is 12.1 Å².